The quantitative estimate of drug-likeness (QED) is 0.0109. The van der Waals surface area contributed by atoms with Crippen molar-refractivity contribution in [1.82, 2.24) is 39.3 Å². The van der Waals surface area contributed by atoms with Crippen LogP contribution >= 0.6 is 19.0 Å². The number of alkyl halides is 3. The lowest BCUT2D eigenvalue weighted by Crippen LogP contribution is -2.36. The topological polar surface area (TPSA) is 463 Å². The number of methoxy groups -OCH3 is 3. The van der Waals surface area contributed by atoms with E-state index in [4.69, 9.17) is 51.0 Å². The maximum atomic E-state index is 14.5. The fourth-order valence-corrected chi connectivity index (χ4v) is 12.8. The van der Waals surface area contributed by atoms with Gasteiger partial charge in [0, 0.05) is 42.7 Å². The number of unbranched alkanes of at least 4 members (excludes halogenated alkanes) is 2. The molecule has 0 bridgehead atoms. The number of carboxylic acids is 1. The Morgan fingerprint density at radius 2 is 1.38 bits per heavy atom. The Bertz CT molecular complexity index is 4030. The number of rotatable bonds is 25. The minimum Gasteiger partial charge on any atom is -0.481 e. The summed E-state index contributed by atoms with van der Waals surface area (Å²) in [5.41, 5.74) is 5.69. The summed E-state index contributed by atoms with van der Waals surface area (Å²) in [5, 5.41) is 11.6. The highest BCUT2D eigenvalue weighted by Gasteiger charge is 2.41. The molecule has 2 unspecified atom stereocenters. The number of hydrogen-bond donors (Lipinski definition) is 7. The molecular weight excluding hydrogens is 1390 g/mol. The summed E-state index contributed by atoms with van der Waals surface area (Å²) in [6.45, 7) is 5.97. The van der Waals surface area contributed by atoms with E-state index in [0.29, 0.717) is 30.6 Å². The second-order valence-corrected chi connectivity index (χ2v) is 28.5. The molecule has 2 aliphatic rings. The van der Waals surface area contributed by atoms with E-state index in [1.807, 2.05) is 6.92 Å². The molecule has 8 N–H and O–H groups in total. The maximum absolute atomic E-state index is 14.5. The summed E-state index contributed by atoms with van der Waals surface area (Å²) in [4.78, 5) is 103. The van der Waals surface area contributed by atoms with Crippen molar-refractivity contribution < 1.29 is 110 Å². The number of carbonyl (C=O) groups excluding carboxylic acids is 5. The molecule has 1 aliphatic heterocycles. The number of sulfonamides is 2. The van der Waals surface area contributed by atoms with Crippen LogP contribution in [0.25, 0.3) is 0 Å². The number of sulfone groups is 1. The molecule has 0 saturated carbocycles. The number of anilines is 3. The predicted molar refractivity (Wildman–Crippen MR) is 334 cm³/mol. The lowest BCUT2D eigenvalue weighted by Gasteiger charge is -2.18. The van der Waals surface area contributed by atoms with Crippen molar-refractivity contribution in [3.05, 3.63) is 94.2 Å². The first-order valence-corrected chi connectivity index (χ1v) is 35.6. The number of aromatic nitrogens is 6. The van der Waals surface area contributed by atoms with Crippen molar-refractivity contribution in [2.45, 2.75) is 112 Å². The third-order valence-corrected chi connectivity index (χ3v) is 18.7. The van der Waals surface area contributed by atoms with Gasteiger partial charge in [0.25, 0.3) is 31.9 Å². The van der Waals surface area contributed by atoms with Crippen LogP contribution in [0.3, 0.4) is 0 Å². The lowest BCUT2D eigenvalue weighted by atomic mass is 9.93. The SMILES string of the molecule is CCCCCOC(=O)COc1cc(N2C(=O)C3=C(CCCC3)C2=O)c(F)cc1Cl.CCS(=O)(=O)c1cccnc1S(=O)(=O)NC(=O)Nc1nc(OC)cc(OC)n1.COc1nc(C)nc(NC(=O)NS(=O)(=O)c2ccccc2CCC(F)(F)F)n1.CP(=O)(O)CCC(N)C(=O)O. The molecule has 4 heterocycles. The van der Waals surface area contributed by atoms with Crippen LogP contribution in [0.15, 0.2) is 86.8 Å². The molecule has 3 aromatic heterocycles. The van der Waals surface area contributed by atoms with Crippen LogP contribution in [-0.4, -0.2) is 166 Å². The molecular formula is C55H68ClF4N12O20PS3. The molecule has 0 radical (unpaired) electrons. The molecule has 2 aromatic carbocycles. The first-order valence-electron chi connectivity index (χ1n) is 28.3. The third kappa shape index (κ3) is 24.8. The molecule has 0 saturated heterocycles. The molecule has 526 valence electrons. The third-order valence-electron chi connectivity index (χ3n) is 12.7. The van der Waals surface area contributed by atoms with Crippen LogP contribution in [0.5, 0.6) is 23.5 Å². The first-order chi connectivity index (χ1) is 44.9. The van der Waals surface area contributed by atoms with Crippen LogP contribution in [0.2, 0.25) is 5.02 Å². The molecule has 0 spiro atoms. The van der Waals surface area contributed by atoms with Gasteiger partial charge in [0.05, 0.1) is 55.4 Å². The minimum absolute atomic E-state index is 0.000883. The largest absolute Gasteiger partial charge is 0.481 e. The van der Waals surface area contributed by atoms with E-state index >= 15 is 0 Å². The van der Waals surface area contributed by atoms with Crippen molar-refractivity contribution in [2.75, 3.05) is 68.7 Å². The fraction of sp³-hybridized carbons (Fsp3) is 0.418. The standard InChI is InChI=1S/C21H23ClFNO5.C15H16F3N5O4S.C14H17N5O7S2.C5H12NO4P/c1-2-3-6-9-28-19(25)12-29-18-11-17(16(23)10-15(18)22)24-20(26)13-7-4-5-8-14(13)21(24)27;1-9-19-12(22-14(20-9)27-2)21-13(24)23-28(25,26)11-6-4-3-5-10(11)7-8-15(16,17)18;1-4-27(21,22)9-6-5-7-15-12(9)28(23,24)19-14(20)18-13-16-10(25-2)8-11(17-13)26-3;1-11(9,10)3-2-4(6)5(7)8/h10-11H,2-9,12H2,1H3;3-6H,7-8H2,1-2H3,(H2,19,20,21,22,23,24);5-8H,4H2,1-3H3,(H2,16,17,18,19,20);4H,2-3,6H2,1H3,(H,7,8)(H,9,10). The number of urea groups is 2. The number of halogens is 5. The monoisotopic (exact) mass is 1450 g/mol. The van der Waals surface area contributed by atoms with E-state index in [0.717, 1.165) is 61.4 Å². The Balaban J connectivity index is 0.000000284. The Morgan fingerprint density at radius 1 is 0.802 bits per heavy atom. The molecule has 32 nitrogen and oxygen atoms in total. The van der Waals surface area contributed by atoms with Gasteiger partial charge in [0.1, 0.15) is 28.3 Å². The number of nitrogens with two attached hydrogens (primary N) is 1. The van der Waals surface area contributed by atoms with E-state index in [1.54, 1.807) is 9.44 Å². The number of amides is 6. The average Bonchev–Trinajstić information content (AvgIpc) is 1.62. The van der Waals surface area contributed by atoms with Gasteiger partial charge in [-0.25, -0.2) is 54.9 Å². The zero-order valence-corrected chi connectivity index (χ0v) is 56.4. The number of nitrogens with zero attached hydrogens (tertiary/aromatic N) is 7. The number of carboxylic acid groups (broad SMARTS) is 1. The van der Waals surface area contributed by atoms with Gasteiger partial charge in [-0.05, 0) is 81.7 Å². The number of ether oxygens (including phenoxy) is 5. The normalized spacial score (nSPS) is 13.9. The zero-order valence-electron chi connectivity index (χ0n) is 52.3. The van der Waals surface area contributed by atoms with Gasteiger partial charge in [-0.15, -0.1) is 0 Å². The Labute approximate surface area is 553 Å². The number of hydrogen-bond acceptors (Lipinski definition) is 25. The van der Waals surface area contributed by atoms with Crippen LogP contribution in [0, 0.1) is 12.7 Å². The lowest BCUT2D eigenvalue weighted by molar-refractivity contribution is -0.146. The van der Waals surface area contributed by atoms with Gasteiger partial charge in [-0.1, -0.05) is 56.5 Å². The van der Waals surface area contributed by atoms with Gasteiger partial charge in [-0.3, -0.25) is 29.6 Å². The summed E-state index contributed by atoms with van der Waals surface area (Å²) >= 11 is 6.02. The van der Waals surface area contributed by atoms with Gasteiger partial charge >= 0.3 is 36.2 Å². The molecule has 2 atom stereocenters. The van der Waals surface area contributed by atoms with Crippen molar-refractivity contribution in [3.8, 4) is 23.5 Å². The molecule has 1 aliphatic carbocycles. The second-order valence-electron chi connectivity index (χ2n) is 20.1. The zero-order chi connectivity index (χ0) is 71.9. The summed E-state index contributed by atoms with van der Waals surface area (Å²) in [7, 11) is -12.1. The highest BCUT2D eigenvalue weighted by molar-refractivity contribution is 7.93. The van der Waals surface area contributed by atoms with Crippen molar-refractivity contribution >= 4 is 102 Å². The van der Waals surface area contributed by atoms with Gasteiger partial charge in [0.2, 0.25) is 23.7 Å². The first kappa shape index (κ1) is 79.7. The van der Waals surface area contributed by atoms with E-state index in [1.165, 1.54) is 78.2 Å². The highest BCUT2D eigenvalue weighted by atomic mass is 35.5. The molecule has 96 heavy (non-hydrogen) atoms. The predicted octanol–water partition coefficient (Wildman–Crippen LogP) is 6.41. The second kappa shape index (κ2) is 35.8. The summed E-state index contributed by atoms with van der Waals surface area (Å²) in [6, 6.07) is 7.40. The number of aryl methyl sites for hydroxylation is 2. The van der Waals surface area contributed by atoms with Crippen molar-refractivity contribution in [3.63, 3.8) is 0 Å². The van der Waals surface area contributed by atoms with Gasteiger partial charge in [-0.2, -0.15) is 46.5 Å². The average molecular weight is 1460 g/mol. The Hall–Kier alpha value is -8.75. The Kier molecular flexibility index (Phi) is 29.7. The van der Waals surface area contributed by atoms with Gasteiger partial charge in [0.15, 0.2) is 28.8 Å². The molecule has 6 amide bonds. The Morgan fingerprint density at radius 3 is 1.92 bits per heavy atom. The fourth-order valence-electron chi connectivity index (χ4n) is 8.07. The smallest absolute Gasteiger partial charge is 0.389 e. The van der Waals surface area contributed by atoms with Crippen molar-refractivity contribution in [2.24, 2.45) is 5.73 Å². The molecule has 0 fully saturated rings. The van der Waals surface area contributed by atoms with E-state index in [2.05, 4.69) is 40.5 Å². The number of carbonyl (C=O) groups is 6. The van der Waals surface area contributed by atoms with E-state index in [9.17, 15) is 76.1 Å². The number of imide groups is 1. The van der Waals surface area contributed by atoms with Crippen molar-refractivity contribution in [1.29, 1.82) is 0 Å². The van der Waals surface area contributed by atoms with Crippen LogP contribution < -0.4 is 49.7 Å². The minimum atomic E-state index is -4.61. The van der Waals surface area contributed by atoms with Crippen LogP contribution in [0.4, 0.5) is 44.7 Å². The number of pyridine rings is 1. The van der Waals surface area contributed by atoms with Crippen LogP contribution in [0.1, 0.15) is 83.0 Å². The maximum Gasteiger partial charge on any atom is 0.389 e. The van der Waals surface area contributed by atoms with Crippen LogP contribution in [-0.2, 0) is 64.8 Å². The number of benzene rings is 2. The highest BCUT2D eigenvalue weighted by Crippen LogP contribution is 2.40. The number of aliphatic carboxylic acids is 1. The number of esters is 1. The molecule has 5 aromatic rings. The molecule has 7 rings (SSSR count). The summed E-state index contributed by atoms with van der Waals surface area (Å²) in [5.74, 6) is -4.12. The van der Waals surface area contributed by atoms with Gasteiger partial charge < -0.3 is 39.4 Å². The molecule has 41 heteroatoms. The summed E-state index contributed by atoms with van der Waals surface area (Å²) < 4.78 is 165. The van der Waals surface area contributed by atoms with E-state index < -0.39 is 125 Å². The summed E-state index contributed by atoms with van der Waals surface area (Å²) in [6.07, 6.45) is 0.299. The number of nitrogens with one attached hydrogen (secondary N) is 4. The van der Waals surface area contributed by atoms with E-state index in [-0.39, 0.29) is 75.9 Å².